The smallest absolute Gasteiger partial charge is 0.252 e. The van der Waals surface area contributed by atoms with Gasteiger partial charge in [0.1, 0.15) is 5.82 Å². The van der Waals surface area contributed by atoms with Gasteiger partial charge >= 0.3 is 0 Å². The summed E-state index contributed by atoms with van der Waals surface area (Å²) in [6.45, 7) is 2.02. The molecule has 0 unspecified atom stereocenters. The molecule has 1 aromatic carbocycles. The van der Waals surface area contributed by atoms with Gasteiger partial charge in [0.05, 0.1) is 5.56 Å². The van der Waals surface area contributed by atoms with E-state index in [-0.39, 0.29) is 0 Å². The minimum atomic E-state index is -0.521. The van der Waals surface area contributed by atoms with Crippen LogP contribution in [0.4, 0.5) is 5.82 Å². The number of nitrogen functional groups attached to an aromatic ring is 1. The zero-order valence-corrected chi connectivity index (χ0v) is 8.95. The molecule has 0 fully saturated rings. The number of amides is 1. The van der Waals surface area contributed by atoms with E-state index in [1.165, 1.54) is 5.56 Å². The molecule has 1 amide bonds. The lowest BCUT2D eigenvalue weighted by molar-refractivity contribution is 0.100. The van der Waals surface area contributed by atoms with E-state index < -0.39 is 5.91 Å². The second-order valence-corrected chi connectivity index (χ2v) is 3.74. The summed E-state index contributed by atoms with van der Waals surface area (Å²) in [5.74, 6) is -0.213. The Hall–Kier alpha value is -2.23. The third-order valence-electron chi connectivity index (χ3n) is 2.48. The number of benzene rings is 1. The van der Waals surface area contributed by atoms with Gasteiger partial charge in [-0.1, -0.05) is 29.8 Å². The number of rotatable bonds is 2. The predicted molar refractivity (Wildman–Crippen MR) is 63.9 cm³/mol. The summed E-state index contributed by atoms with van der Waals surface area (Å²) in [4.78, 5) is 14.0. The van der Waals surface area contributed by atoms with Crippen LogP contribution < -0.4 is 11.5 Å². The molecule has 0 radical (unpaired) electrons. The molecule has 1 aromatic heterocycles. The molecule has 1 heterocycles. The van der Waals surface area contributed by atoms with Gasteiger partial charge in [0.25, 0.3) is 5.91 Å². The van der Waals surface area contributed by atoms with Gasteiger partial charge in [0.2, 0.25) is 0 Å². The molecule has 0 aliphatic heterocycles. The van der Waals surface area contributed by atoms with Crippen molar-refractivity contribution < 1.29 is 4.79 Å². The van der Waals surface area contributed by atoms with E-state index in [4.69, 9.17) is 11.5 Å². The Kier molecular flexibility index (Phi) is 2.40. The van der Waals surface area contributed by atoms with E-state index in [0.717, 1.165) is 11.3 Å². The summed E-state index contributed by atoms with van der Waals surface area (Å²) in [5.41, 5.74) is 14.1. The third-order valence-corrected chi connectivity index (χ3v) is 2.48. The number of aromatic amines is 1. The normalized spacial score (nSPS) is 10.3. The molecule has 0 saturated carbocycles. The third kappa shape index (κ3) is 1.77. The molecule has 0 bridgehead atoms. The van der Waals surface area contributed by atoms with Crippen molar-refractivity contribution in [3.8, 4) is 11.3 Å². The first kappa shape index (κ1) is 10.3. The van der Waals surface area contributed by atoms with Crippen LogP contribution >= 0.6 is 0 Å². The molecule has 0 aliphatic rings. The highest BCUT2D eigenvalue weighted by Crippen LogP contribution is 2.23. The number of aryl methyl sites for hydroxylation is 1. The lowest BCUT2D eigenvalue weighted by atomic mass is 10.1. The number of hydrogen-bond acceptors (Lipinski definition) is 2. The van der Waals surface area contributed by atoms with Crippen LogP contribution in [-0.2, 0) is 0 Å². The van der Waals surface area contributed by atoms with Gasteiger partial charge in [-0.05, 0) is 18.6 Å². The number of nitrogens with one attached hydrogen (secondary N) is 1. The number of carbonyl (C=O) groups excluding carboxylic acids is 1. The highest BCUT2D eigenvalue weighted by molar-refractivity contribution is 5.98. The minimum absolute atomic E-state index is 0.308. The van der Waals surface area contributed by atoms with Crippen LogP contribution in [-0.4, -0.2) is 10.9 Å². The largest absolute Gasteiger partial charge is 0.385 e. The lowest BCUT2D eigenvalue weighted by Gasteiger charge is -1.97. The van der Waals surface area contributed by atoms with E-state index in [1.807, 2.05) is 31.2 Å². The van der Waals surface area contributed by atoms with Gasteiger partial charge in [-0.15, -0.1) is 0 Å². The molecule has 2 rings (SSSR count). The molecule has 0 spiro atoms. The number of aromatic nitrogens is 1. The number of hydrogen-bond donors (Lipinski definition) is 3. The monoisotopic (exact) mass is 215 g/mol. The lowest BCUT2D eigenvalue weighted by Crippen LogP contribution is -2.11. The predicted octanol–water partition coefficient (Wildman–Crippen LogP) is 1.67. The van der Waals surface area contributed by atoms with Gasteiger partial charge in [0, 0.05) is 5.69 Å². The van der Waals surface area contributed by atoms with Crippen molar-refractivity contribution in [3.05, 3.63) is 41.5 Å². The van der Waals surface area contributed by atoms with Crippen LogP contribution in [0.3, 0.4) is 0 Å². The molecular weight excluding hydrogens is 202 g/mol. The van der Waals surface area contributed by atoms with Gasteiger partial charge in [-0.25, -0.2) is 0 Å². The van der Waals surface area contributed by atoms with Gasteiger partial charge in [-0.2, -0.15) is 0 Å². The Morgan fingerprint density at radius 2 is 1.88 bits per heavy atom. The first-order valence-corrected chi connectivity index (χ1v) is 4.93. The van der Waals surface area contributed by atoms with Gasteiger partial charge in [0.15, 0.2) is 0 Å². The fraction of sp³-hybridized carbons (Fsp3) is 0.0833. The first-order chi connectivity index (χ1) is 7.58. The van der Waals surface area contributed by atoms with Crippen molar-refractivity contribution in [2.45, 2.75) is 6.92 Å². The van der Waals surface area contributed by atoms with Crippen molar-refractivity contribution in [1.82, 2.24) is 4.98 Å². The molecule has 0 aliphatic carbocycles. The molecule has 4 heteroatoms. The molecule has 0 atom stereocenters. The maximum atomic E-state index is 11.0. The highest BCUT2D eigenvalue weighted by Gasteiger charge is 2.10. The molecule has 2 aromatic rings. The summed E-state index contributed by atoms with van der Waals surface area (Å²) in [6, 6.07) is 9.59. The van der Waals surface area contributed by atoms with Crippen LogP contribution in [0, 0.1) is 6.92 Å². The van der Waals surface area contributed by atoms with Gasteiger partial charge < -0.3 is 16.5 Å². The Morgan fingerprint density at radius 3 is 2.38 bits per heavy atom. The molecular formula is C12H13N3O. The summed E-state index contributed by atoms with van der Waals surface area (Å²) in [7, 11) is 0. The maximum Gasteiger partial charge on any atom is 0.252 e. The van der Waals surface area contributed by atoms with E-state index >= 15 is 0 Å². The summed E-state index contributed by atoms with van der Waals surface area (Å²) >= 11 is 0. The standard InChI is InChI=1S/C12H13N3O/c1-7-2-4-8(5-3-7)10-6-9(12(14)16)11(13)15-10/h2-6,15H,13H2,1H3,(H2,14,16). The Morgan fingerprint density at radius 1 is 1.25 bits per heavy atom. The van der Waals surface area contributed by atoms with Crippen molar-refractivity contribution >= 4 is 11.7 Å². The van der Waals surface area contributed by atoms with Crippen molar-refractivity contribution in [2.75, 3.05) is 5.73 Å². The fourth-order valence-electron chi connectivity index (χ4n) is 1.56. The van der Waals surface area contributed by atoms with Crippen LogP contribution in [0.15, 0.2) is 30.3 Å². The van der Waals surface area contributed by atoms with E-state index in [1.54, 1.807) is 6.07 Å². The van der Waals surface area contributed by atoms with Gasteiger partial charge in [-0.3, -0.25) is 4.79 Å². The Bertz CT molecular complexity index is 526. The maximum absolute atomic E-state index is 11.0. The SMILES string of the molecule is Cc1ccc(-c2cc(C(N)=O)c(N)[nH]2)cc1. The van der Waals surface area contributed by atoms with Crippen molar-refractivity contribution in [3.63, 3.8) is 0 Å². The Balaban J connectivity index is 2.45. The molecule has 4 nitrogen and oxygen atoms in total. The second kappa shape index (κ2) is 3.73. The zero-order valence-electron chi connectivity index (χ0n) is 8.95. The van der Waals surface area contributed by atoms with Crippen molar-refractivity contribution in [2.24, 2.45) is 5.73 Å². The number of nitrogens with two attached hydrogens (primary N) is 2. The average Bonchev–Trinajstić information content (AvgIpc) is 2.61. The number of primary amides is 1. The molecule has 5 N–H and O–H groups in total. The average molecular weight is 215 g/mol. The number of carbonyl (C=O) groups is 1. The number of H-pyrrole nitrogens is 1. The van der Waals surface area contributed by atoms with Crippen molar-refractivity contribution in [1.29, 1.82) is 0 Å². The minimum Gasteiger partial charge on any atom is -0.385 e. The highest BCUT2D eigenvalue weighted by atomic mass is 16.1. The fourth-order valence-corrected chi connectivity index (χ4v) is 1.56. The van der Waals surface area contributed by atoms with Crippen LogP contribution in [0.2, 0.25) is 0 Å². The summed E-state index contributed by atoms with van der Waals surface area (Å²) in [6.07, 6.45) is 0. The van der Waals surface area contributed by atoms with E-state index in [2.05, 4.69) is 4.98 Å². The van der Waals surface area contributed by atoms with Crippen LogP contribution in [0.25, 0.3) is 11.3 Å². The Labute approximate surface area is 93.3 Å². The van der Waals surface area contributed by atoms with Crippen LogP contribution in [0.1, 0.15) is 15.9 Å². The summed E-state index contributed by atoms with van der Waals surface area (Å²) in [5, 5.41) is 0. The first-order valence-electron chi connectivity index (χ1n) is 4.93. The second-order valence-electron chi connectivity index (χ2n) is 3.74. The molecule has 16 heavy (non-hydrogen) atoms. The number of anilines is 1. The molecule has 0 saturated heterocycles. The van der Waals surface area contributed by atoms with E-state index in [0.29, 0.717) is 11.4 Å². The summed E-state index contributed by atoms with van der Waals surface area (Å²) < 4.78 is 0. The van der Waals surface area contributed by atoms with E-state index in [9.17, 15) is 4.79 Å². The van der Waals surface area contributed by atoms with Crippen LogP contribution in [0.5, 0.6) is 0 Å². The molecule has 82 valence electrons. The zero-order chi connectivity index (χ0) is 11.7. The quantitative estimate of drug-likeness (QED) is 0.711. The topological polar surface area (TPSA) is 84.9 Å².